The maximum absolute atomic E-state index is 11.4. The van der Waals surface area contributed by atoms with Gasteiger partial charge in [0, 0.05) is 19.1 Å². The Labute approximate surface area is 145 Å². The fraction of sp³-hybridized carbons (Fsp3) is 0.368. The molecule has 0 fully saturated rings. The number of rotatable bonds is 8. The summed E-state index contributed by atoms with van der Waals surface area (Å²) in [7, 11) is -3.47. The third-order valence-corrected chi connectivity index (χ3v) is 4.69. The zero-order valence-corrected chi connectivity index (χ0v) is 15.2. The van der Waals surface area contributed by atoms with Crippen molar-refractivity contribution in [3.8, 4) is 0 Å². The second-order valence-corrected chi connectivity index (χ2v) is 7.72. The van der Waals surface area contributed by atoms with Crippen molar-refractivity contribution >= 4 is 10.1 Å². The third kappa shape index (κ3) is 6.07. The van der Waals surface area contributed by atoms with Crippen LogP contribution in [0.15, 0.2) is 60.7 Å². The highest BCUT2D eigenvalue weighted by atomic mass is 32.2. The molecule has 2 aromatic rings. The van der Waals surface area contributed by atoms with Crippen LogP contribution in [0.1, 0.15) is 25.0 Å². The van der Waals surface area contributed by atoms with Crippen molar-refractivity contribution in [1.82, 2.24) is 4.90 Å². The summed E-state index contributed by atoms with van der Waals surface area (Å²) >= 11 is 0. The molecule has 0 heterocycles. The molecule has 0 aliphatic heterocycles. The van der Waals surface area contributed by atoms with Crippen LogP contribution in [0.25, 0.3) is 0 Å². The molecule has 0 saturated heterocycles. The van der Waals surface area contributed by atoms with Crippen LogP contribution in [-0.2, 0) is 27.4 Å². The Morgan fingerprint density at radius 1 is 0.875 bits per heavy atom. The molecule has 0 aromatic heterocycles. The highest BCUT2D eigenvalue weighted by Crippen LogP contribution is 2.17. The minimum atomic E-state index is -3.47. The maximum Gasteiger partial charge on any atom is 0.264 e. The van der Waals surface area contributed by atoms with Gasteiger partial charge in [-0.1, -0.05) is 60.7 Å². The van der Waals surface area contributed by atoms with E-state index in [4.69, 9.17) is 4.18 Å². The fourth-order valence-electron chi connectivity index (χ4n) is 2.63. The normalized spacial score (nSPS) is 14.5. The van der Waals surface area contributed by atoms with Gasteiger partial charge in [-0.25, -0.2) is 0 Å². The number of hydrogen-bond acceptors (Lipinski definition) is 4. The summed E-state index contributed by atoms with van der Waals surface area (Å²) in [4.78, 5) is 2.24. The highest BCUT2D eigenvalue weighted by Gasteiger charge is 2.24. The minimum absolute atomic E-state index is 0.0554. The molecule has 0 N–H and O–H groups in total. The van der Waals surface area contributed by atoms with Crippen LogP contribution >= 0.6 is 0 Å². The van der Waals surface area contributed by atoms with Crippen LogP contribution in [0.3, 0.4) is 0 Å². The van der Waals surface area contributed by atoms with Crippen molar-refractivity contribution in [1.29, 1.82) is 0 Å². The topological polar surface area (TPSA) is 46.6 Å². The Kier molecular flexibility index (Phi) is 6.54. The van der Waals surface area contributed by atoms with E-state index in [9.17, 15) is 8.42 Å². The molecule has 0 radical (unpaired) electrons. The van der Waals surface area contributed by atoms with Gasteiger partial charge in [0.15, 0.2) is 0 Å². The van der Waals surface area contributed by atoms with Crippen molar-refractivity contribution < 1.29 is 12.6 Å². The van der Waals surface area contributed by atoms with E-state index in [1.54, 1.807) is 6.92 Å². The molecule has 0 bridgehead atoms. The molecule has 0 aliphatic carbocycles. The number of nitrogens with zero attached hydrogens (tertiary/aromatic N) is 1. The largest absolute Gasteiger partial charge is 0.290 e. The van der Waals surface area contributed by atoms with E-state index in [0.717, 1.165) is 19.3 Å². The summed E-state index contributed by atoms with van der Waals surface area (Å²) in [6, 6.07) is 20.3. The van der Waals surface area contributed by atoms with E-state index in [0.29, 0.717) is 0 Å². The first kappa shape index (κ1) is 18.6. The molecule has 5 heteroatoms. The monoisotopic (exact) mass is 347 g/mol. The molecule has 2 rings (SSSR count). The van der Waals surface area contributed by atoms with Crippen LogP contribution in [0.2, 0.25) is 0 Å². The average Bonchev–Trinajstić information content (AvgIpc) is 2.54. The molecular weight excluding hydrogens is 322 g/mol. The lowest BCUT2D eigenvalue weighted by molar-refractivity contribution is 0.0815. The van der Waals surface area contributed by atoms with Gasteiger partial charge in [0.05, 0.1) is 12.4 Å². The Hall–Kier alpha value is -1.69. The van der Waals surface area contributed by atoms with Crippen LogP contribution < -0.4 is 0 Å². The van der Waals surface area contributed by atoms with Gasteiger partial charge < -0.3 is 0 Å². The Morgan fingerprint density at radius 3 is 1.67 bits per heavy atom. The predicted molar refractivity (Wildman–Crippen MR) is 97.0 cm³/mol. The highest BCUT2D eigenvalue weighted by molar-refractivity contribution is 7.86. The van der Waals surface area contributed by atoms with E-state index in [-0.39, 0.29) is 6.04 Å². The standard InChI is InChI=1S/C19H25NO3S/c1-16(17(2)23-24(3,21)22)20(14-18-10-6-4-7-11-18)15-19-12-8-5-9-13-19/h4-13,16-17H,14-15H2,1-3H3. The summed E-state index contributed by atoms with van der Waals surface area (Å²) in [5, 5.41) is 0. The van der Waals surface area contributed by atoms with Crippen molar-refractivity contribution in [2.24, 2.45) is 0 Å². The van der Waals surface area contributed by atoms with Crippen molar-refractivity contribution in [2.45, 2.75) is 39.1 Å². The first-order valence-electron chi connectivity index (χ1n) is 8.05. The predicted octanol–water partition coefficient (Wildman–Crippen LogP) is 3.44. The second-order valence-electron chi connectivity index (χ2n) is 6.12. The summed E-state index contributed by atoms with van der Waals surface area (Å²) in [6.07, 6.45) is 0.669. The first-order chi connectivity index (χ1) is 11.3. The quantitative estimate of drug-likeness (QED) is 0.686. The van der Waals surface area contributed by atoms with Gasteiger partial charge >= 0.3 is 0 Å². The zero-order valence-electron chi connectivity index (χ0n) is 14.4. The second kappa shape index (κ2) is 8.42. The van der Waals surface area contributed by atoms with Gasteiger partial charge in [-0.2, -0.15) is 8.42 Å². The summed E-state index contributed by atoms with van der Waals surface area (Å²) in [5.41, 5.74) is 2.37. The maximum atomic E-state index is 11.4. The minimum Gasteiger partial charge on any atom is -0.290 e. The van der Waals surface area contributed by atoms with Crippen LogP contribution in [0.5, 0.6) is 0 Å². The summed E-state index contributed by atoms with van der Waals surface area (Å²) < 4.78 is 28.1. The van der Waals surface area contributed by atoms with Gasteiger partial charge in [0.1, 0.15) is 0 Å². The first-order valence-corrected chi connectivity index (χ1v) is 9.87. The van der Waals surface area contributed by atoms with Crippen LogP contribution in [0, 0.1) is 0 Å². The zero-order chi connectivity index (χ0) is 17.6. The third-order valence-electron chi connectivity index (χ3n) is 4.04. The molecule has 0 spiro atoms. The van der Waals surface area contributed by atoms with Crippen molar-refractivity contribution in [3.63, 3.8) is 0 Å². The SMILES string of the molecule is CC(OS(C)(=O)=O)C(C)N(Cc1ccccc1)Cc1ccccc1. The molecule has 24 heavy (non-hydrogen) atoms. The molecule has 2 atom stereocenters. The van der Waals surface area contributed by atoms with E-state index >= 15 is 0 Å². The Morgan fingerprint density at radius 2 is 1.29 bits per heavy atom. The van der Waals surface area contributed by atoms with E-state index in [1.165, 1.54) is 11.1 Å². The van der Waals surface area contributed by atoms with Crippen molar-refractivity contribution in [2.75, 3.05) is 6.26 Å². The van der Waals surface area contributed by atoms with Crippen LogP contribution in [-0.4, -0.2) is 31.7 Å². The summed E-state index contributed by atoms with van der Waals surface area (Å²) in [5.74, 6) is 0. The molecule has 2 aromatic carbocycles. The molecule has 0 amide bonds. The lowest BCUT2D eigenvalue weighted by Gasteiger charge is -2.32. The van der Waals surface area contributed by atoms with Gasteiger partial charge in [-0.3, -0.25) is 9.08 Å². The molecule has 130 valence electrons. The van der Waals surface area contributed by atoms with Gasteiger partial charge in [-0.05, 0) is 25.0 Å². The number of hydrogen-bond donors (Lipinski definition) is 0. The number of benzene rings is 2. The average molecular weight is 347 g/mol. The van der Waals surface area contributed by atoms with E-state index in [2.05, 4.69) is 29.2 Å². The van der Waals surface area contributed by atoms with Crippen LogP contribution in [0.4, 0.5) is 0 Å². The van der Waals surface area contributed by atoms with E-state index < -0.39 is 16.2 Å². The van der Waals surface area contributed by atoms with Crippen molar-refractivity contribution in [3.05, 3.63) is 71.8 Å². The summed E-state index contributed by atoms with van der Waals surface area (Å²) in [6.45, 7) is 5.26. The molecule has 4 nitrogen and oxygen atoms in total. The molecule has 0 saturated carbocycles. The van der Waals surface area contributed by atoms with Gasteiger partial charge in [-0.15, -0.1) is 0 Å². The lowest BCUT2D eigenvalue weighted by atomic mass is 10.1. The lowest BCUT2D eigenvalue weighted by Crippen LogP contribution is -2.41. The Balaban J connectivity index is 2.17. The smallest absolute Gasteiger partial charge is 0.264 e. The molecular formula is C19H25NO3S. The van der Waals surface area contributed by atoms with E-state index in [1.807, 2.05) is 43.3 Å². The molecule has 0 aliphatic rings. The molecule has 2 unspecified atom stereocenters. The van der Waals surface area contributed by atoms with Gasteiger partial charge in [0.2, 0.25) is 0 Å². The Bertz CT molecular complexity index is 675. The van der Waals surface area contributed by atoms with Gasteiger partial charge in [0.25, 0.3) is 10.1 Å². The fourth-order valence-corrected chi connectivity index (χ4v) is 3.34.